The molecule has 2 N–H and O–H groups in total. The van der Waals surface area contributed by atoms with Gasteiger partial charge in [-0.3, -0.25) is 9.89 Å². The molecule has 136 valence electrons. The Kier molecular flexibility index (Phi) is 8.49. The number of methoxy groups -OCH3 is 1. The fourth-order valence-electron chi connectivity index (χ4n) is 2.56. The van der Waals surface area contributed by atoms with Crippen LogP contribution in [0.3, 0.4) is 0 Å². The van der Waals surface area contributed by atoms with E-state index < -0.39 is 0 Å². The predicted octanol–water partition coefficient (Wildman–Crippen LogP) is 1.66. The van der Waals surface area contributed by atoms with Crippen LogP contribution < -0.4 is 10.6 Å². The van der Waals surface area contributed by atoms with E-state index >= 15 is 0 Å². The van der Waals surface area contributed by atoms with Crippen LogP contribution in [0.1, 0.15) is 29.7 Å². The number of ether oxygens (including phenoxy) is 1. The SMILES string of the molecule is CCNC(=NCCN(CCOC)C1CC1)NCCc1ncc(C)s1. The van der Waals surface area contributed by atoms with Gasteiger partial charge in [0.05, 0.1) is 18.2 Å². The monoisotopic (exact) mass is 353 g/mol. The number of aromatic nitrogens is 1. The molecule has 1 aromatic rings. The van der Waals surface area contributed by atoms with Gasteiger partial charge in [0, 0.05) is 56.8 Å². The van der Waals surface area contributed by atoms with Crippen LogP contribution in [0.4, 0.5) is 0 Å². The van der Waals surface area contributed by atoms with Crippen LogP contribution in [0.25, 0.3) is 0 Å². The molecule has 0 aromatic carbocycles. The molecule has 7 heteroatoms. The van der Waals surface area contributed by atoms with Crippen LogP contribution in [-0.4, -0.2) is 68.3 Å². The number of nitrogens with zero attached hydrogens (tertiary/aromatic N) is 3. The highest BCUT2D eigenvalue weighted by atomic mass is 32.1. The lowest BCUT2D eigenvalue weighted by atomic mass is 10.4. The van der Waals surface area contributed by atoms with Crippen molar-refractivity contribution in [2.75, 3.05) is 46.4 Å². The molecule has 1 aliphatic rings. The fourth-order valence-corrected chi connectivity index (χ4v) is 3.35. The van der Waals surface area contributed by atoms with E-state index in [2.05, 4.69) is 34.4 Å². The van der Waals surface area contributed by atoms with Crippen molar-refractivity contribution in [2.45, 2.75) is 39.2 Å². The molecule has 6 nitrogen and oxygen atoms in total. The van der Waals surface area contributed by atoms with Crippen LogP contribution in [0.15, 0.2) is 11.2 Å². The average Bonchev–Trinajstić information content (AvgIpc) is 3.33. The second kappa shape index (κ2) is 10.6. The first-order chi connectivity index (χ1) is 11.7. The highest BCUT2D eigenvalue weighted by molar-refractivity contribution is 7.11. The second-order valence-electron chi connectivity index (χ2n) is 6.06. The van der Waals surface area contributed by atoms with Crippen molar-refractivity contribution in [2.24, 2.45) is 4.99 Å². The first kappa shape index (κ1) is 19.1. The lowest BCUT2D eigenvalue weighted by Gasteiger charge is -2.20. The van der Waals surface area contributed by atoms with E-state index in [4.69, 9.17) is 9.73 Å². The summed E-state index contributed by atoms with van der Waals surface area (Å²) in [5, 5.41) is 7.89. The van der Waals surface area contributed by atoms with Crippen molar-refractivity contribution in [1.29, 1.82) is 0 Å². The quantitative estimate of drug-likeness (QED) is 0.468. The van der Waals surface area contributed by atoms with Crippen molar-refractivity contribution in [1.82, 2.24) is 20.5 Å². The summed E-state index contributed by atoms with van der Waals surface area (Å²) in [5.41, 5.74) is 0. The summed E-state index contributed by atoms with van der Waals surface area (Å²) in [5.74, 6) is 0.897. The Morgan fingerprint density at radius 2 is 2.25 bits per heavy atom. The molecule has 1 aromatic heterocycles. The predicted molar refractivity (Wildman–Crippen MR) is 101 cm³/mol. The normalized spacial score (nSPS) is 15.1. The van der Waals surface area contributed by atoms with Gasteiger partial charge in [0.1, 0.15) is 0 Å². The molecule has 0 radical (unpaired) electrons. The molecule has 1 aliphatic carbocycles. The van der Waals surface area contributed by atoms with Crippen LogP contribution in [0, 0.1) is 6.92 Å². The summed E-state index contributed by atoms with van der Waals surface area (Å²) in [6.45, 7) is 9.52. The maximum Gasteiger partial charge on any atom is 0.191 e. The third kappa shape index (κ3) is 7.15. The Balaban J connectivity index is 1.72. The van der Waals surface area contributed by atoms with Gasteiger partial charge in [-0.05, 0) is 26.7 Å². The van der Waals surface area contributed by atoms with Crippen molar-refractivity contribution < 1.29 is 4.74 Å². The van der Waals surface area contributed by atoms with Crippen molar-refractivity contribution >= 4 is 17.3 Å². The smallest absolute Gasteiger partial charge is 0.191 e. The number of aryl methyl sites for hydroxylation is 1. The molecule has 0 saturated heterocycles. The number of nitrogens with one attached hydrogen (secondary N) is 2. The van der Waals surface area contributed by atoms with E-state index in [1.165, 1.54) is 22.7 Å². The van der Waals surface area contributed by atoms with Gasteiger partial charge >= 0.3 is 0 Å². The van der Waals surface area contributed by atoms with Crippen LogP contribution in [0.2, 0.25) is 0 Å². The maximum atomic E-state index is 5.21. The number of hydrogen-bond acceptors (Lipinski definition) is 5. The molecule has 0 spiro atoms. The standard InChI is InChI=1S/C17H31N5OS/c1-4-18-17(19-8-7-16-21-13-14(2)24-16)20-9-10-22(11-12-23-3)15-5-6-15/h13,15H,4-12H2,1-3H3,(H2,18,19,20). The van der Waals surface area contributed by atoms with E-state index in [-0.39, 0.29) is 0 Å². The molecule has 1 fully saturated rings. The lowest BCUT2D eigenvalue weighted by Crippen LogP contribution is -2.39. The Morgan fingerprint density at radius 3 is 2.88 bits per heavy atom. The summed E-state index contributed by atoms with van der Waals surface area (Å²) >= 11 is 1.76. The Hall–Kier alpha value is -1.18. The van der Waals surface area contributed by atoms with E-state index in [9.17, 15) is 0 Å². The van der Waals surface area contributed by atoms with Crippen LogP contribution >= 0.6 is 11.3 Å². The number of guanidine groups is 1. The number of rotatable bonds is 11. The number of aliphatic imine (C=N–C) groups is 1. The average molecular weight is 354 g/mol. The largest absolute Gasteiger partial charge is 0.383 e. The molecule has 1 saturated carbocycles. The molecule has 0 unspecified atom stereocenters. The van der Waals surface area contributed by atoms with Gasteiger partial charge in [-0.1, -0.05) is 0 Å². The minimum absolute atomic E-state index is 0.749. The van der Waals surface area contributed by atoms with Crippen LogP contribution in [0.5, 0.6) is 0 Å². The third-order valence-electron chi connectivity index (χ3n) is 3.95. The highest BCUT2D eigenvalue weighted by Gasteiger charge is 2.28. The molecule has 0 amide bonds. The highest BCUT2D eigenvalue weighted by Crippen LogP contribution is 2.26. The van der Waals surface area contributed by atoms with E-state index in [0.717, 1.165) is 57.8 Å². The Bertz CT molecular complexity index is 501. The maximum absolute atomic E-state index is 5.21. The Labute approximate surface area is 149 Å². The molecular formula is C17H31N5OS. The van der Waals surface area contributed by atoms with Gasteiger partial charge in [-0.2, -0.15) is 0 Å². The topological polar surface area (TPSA) is 61.8 Å². The number of hydrogen-bond donors (Lipinski definition) is 2. The molecule has 0 bridgehead atoms. The zero-order chi connectivity index (χ0) is 17.2. The molecule has 0 aliphatic heterocycles. The van der Waals surface area contributed by atoms with Gasteiger partial charge in [-0.15, -0.1) is 11.3 Å². The first-order valence-corrected chi connectivity index (χ1v) is 9.71. The summed E-state index contributed by atoms with van der Waals surface area (Å²) in [6, 6.07) is 0.749. The Morgan fingerprint density at radius 1 is 1.42 bits per heavy atom. The van der Waals surface area contributed by atoms with Crippen LogP contribution in [-0.2, 0) is 11.2 Å². The lowest BCUT2D eigenvalue weighted by molar-refractivity contribution is 0.145. The summed E-state index contributed by atoms with van der Waals surface area (Å²) < 4.78 is 5.21. The summed E-state index contributed by atoms with van der Waals surface area (Å²) in [6.07, 6.45) is 5.51. The van der Waals surface area contributed by atoms with E-state index in [1.54, 1.807) is 18.4 Å². The van der Waals surface area contributed by atoms with Crippen molar-refractivity contribution in [3.05, 3.63) is 16.1 Å². The summed E-state index contributed by atoms with van der Waals surface area (Å²) in [4.78, 5) is 12.9. The summed E-state index contributed by atoms with van der Waals surface area (Å²) in [7, 11) is 1.76. The van der Waals surface area contributed by atoms with Gasteiger partial charge < -0.3 is 15.4 Å². The van der Waals surface area contributed by atoms with Crippen molar-refractivity contribution in [3.63, 3.8) is 0 Å². The fraction of sp³-hybridized carbons (Fsp3) is 0.765. The van der Waals surface area contributed by atoms with Gasteiger partial charge in [0.2, 0.25) is 0 Å². The number of thiazole rings is 1. The zero-order valence-electron chi connectivity index (χ0n) is 15.2. The first-order valence-electron chi connectivity index (χ1n) is 8.89. The zero-order valence-corrected chi connectivity index (χ0v) is 16.0. The van der Waals surface area contributed by atoms with E-state index in [0.29, 0.717) is 0 Å². The molecule has 24 heavy (non-hydrogen) atoms. The minimum atomic E-state index is 0.749. The molecular weight excluding hydrogens is 322 g/mol. The molecule has 0 atom stereocenters. The third-order valence-corrected chi connectivity index (χ3v) is 4.92. The van der Waals surface area contributed by atoms with Gasteiger partial charge in [0.15, 0.2) is 5.96 Å². The molecule has 2 rings (SSSR count). The minimum Gasteiger partial charge on any atom is -0.383 e. The van der Waals surface area contributed by atoms with Crippen molar-refractivity contribution in [3.8, 4) is 0 Å². The second-order valence-corrected chi connectivity index (χ2v) is 7.38. The van der Waals surface area contributed by atoms with Gasteiger partial charge in [0.25, 0.3) is 0 Å². The van der Waals surface area contributed by atoms with E-state index in [1.807, 2.05) is 6.20 Å². The molecule has 1 heterocycles. The van der Waals surface area contributed by atoms with Gasteiger partial charge in [-0.25, -0.2) is 4.98 Å².